The number of fused-ring (bicyclic) bond motifs is 2. The molecule has 0 unspecified atom stereocenters. The number of hydrogen-bond donors (Lipinski definition) is 2. The number of rotatable bonds is 3. The summed E-state index contributed by atoms with van der Waals surface area (Å²) in [7, 11) is 1.92. The van der Waals surface area contributed by atoms with Crippen molar-refractivity contribution in [3.05, 3.63) is 48.0 Å². The van der Waals surface area contributed by atoms with Gasteiger partial charge in [0.05, 0.1) is 22.1 Å². The normalized spacial score (nSPS) is 11.2. The smallest absolute Gasteiger partial charge is 0.210 e. The number of ketones is 1. The van der Waals surface area contributed by atoms with Crippen LogP contribution in [0.3, 0.4) is 0 Å². The Labute approximate surface area is 132 Å². The first-order valence-electron chi connectivity index (χ1n) is 7.31. The van der Waals surface area contributed by atoms with Crippen molar-refractivity contribution in [2.45, 2.75) is 6.92 Å². The van der Waals surface area contributed by atoms with Gasteiger partial charge >= 0.3 is 0 Å². The number of H-pyrrole nitrogens is 1. The van der Waals surface area contributed by atoms with E-state index < -0.39 is 0 Å². The number of para-hydroxylation sites is 2. The first kappa shape index (κ1) is 13.5. The summed E-state index contributed by atoms with van der Waals surface area (Å²) < 4.78 is 1.94. The van der Waals surface area contributed by atoms with Crippen LogP contribution in [0.4, 0.5) is 11.9 Å². The number of imidazole rings is 2. The number of nitrogens with one attached hydrogen (secondary N) is 2. The molecule has 0 saturated heterocycles. The van der Waals surface area contributed by atoms with E-state index in [-0.39, 0.29) is 5.78 Å². The Morgan fingerprint density at radius 1 is 1.13 bits per heavy atom. The van der Waals surface area contributed by atoms with Crippen LogP contribution in [0.15, 0.2) is 42.5 Å². The number of aromatic nitrogens is 4. The molecule has 0 fully saturated rings. The Morgan fingerprint density at radius 3 is 2.74 bits per heavy atom. The highest BCUT2D eigenvalue weighted by molar-refractivity contribution is 5.97. The SMILES string of the molecule is CC(=O)c1ccc2c(c1)nc(Nc1nc3ccccc3[nH]1)n2C. The van der Waals surface area contributed by atoms with Crippen LogP contribution in [0.5, 0.6) is 0 Å². The third kappa shape index (κ3) is 2.24. The summed E-state index contributed by atoms with van der Waals surface area (Å²) in [6.45, 7) is 1.55. The molecule has 2 aromatic heterocycles. The molecule has 114 valence electrons. The molecule has 0 aliphatic rings. The van der Waals surface area contributed by atoms with Gasteiger partial charge in [0.15, 0.2) is 5.78 Å². The summed E-state index contributed by atoms with van der Waals surface area (Å²) in [6, 6.07) is 13.4. The lowest BCUT2D eigenvalue weighted by molar-refractivity contribution is 0.101. The van der Waals surface area contributed by atoms with Crippen LogP contribution in [0.25, 0.3) is 22.1 Å². The molecule has 23 heavy (non-hydrogen) atoms. The fraction of sp³-hybridized carbons (Fsp3) is 0.118. The molecule has 0 spiro atoms. The molecular formula is C17H15N5O. The number of carbonyl (C=O) groups is 1. The molecule has 2 aromatic carbocycles. The first-order valence-corrected chi connectivity index (χ1v) is 7.31. The van der Waals surface area contributed by atoms with Gasteiger partial charge in [0.1, 0.15) is 0 Å². The van der Waals surface area contributed by atoms with Crippen LogP contribution in [0.2, 0.25) is 0 Å². The maximum absolute atomic E-state index is 11.5. The number of benzene rings is 2. The molecular weight excluding hydrogens is 290 g/mol. The number of nitrogens with zero attached hydrogens (tertiary/aromatic N) is 3. The number of aromatic amines is 1. The van der Waals surface area contributed by atoms with Crippen molar-refractivity contribution in [3.63, 3.8) is 0 Å². The zero-order valence-corrected chi connectivity index (χ0v) is 12.8. The molecule has 0 aliphatic heterocycles. The van der Waals surface area contributed by atoms with Crippen LogP contribution in [-0.4, -0.2) is 25.3 Å². The molecule has 0 bridgehead atoms. The summed E-state index contributed by atoms with van der Waals surface area (Å²) in [5, 5.41) is 3.20. The number of carbonyl (C=O) groups excluding carboxylic acids is 1. The molecule has 4 rings (SSSR count). The third-order valence-corrected chi connectivity index (χ3v) is 3.91. The molecule has 0 saturated carbocycles. The van der Waals surface area contributed by atoms with Crippen molar-refractivity contribution in [1.82, 2.24) is 19.5 Å². The largest absolute Gasteiger partial charge is 0.324 e. The summed E-state index contributed by atoms with van der Waals surface area (Å²) in [5.41, 5.74) is 4.25. The highest BCUT2D eigenvalue weighted by Crippen LogP contribution is 2.23. The quantitative estimate of drug-likeness (QED) is 0.569. The average molecular weight is 305 g/mol. The average Bonchev–Trinajstić information content (AvgIpc) is 3.08. The number of Topliss-reactive ketones (excluding diaryl/α,β-unsaturated/α-hetero) is 1. The lowest BCUT2D eigenvalue weighted by Crippen LogP contribution is -2.00. The zero-order chi connectivity index (χ0) is 16.0. The van der Waals surface area contributed by atoms with E-state index in [1.54, 1.807) is 6.92 Å². The van der Waals surface area contributed by atoms with Crippen LogP contribution >= 0.6 is 0 Å². The molecule has 0 atom stereocenters. The molecule has 2 heterocycles. The van der Waals surface area contributed by atoms with Gasteiger partial charge < -0.3 is 9.55 Å². The Bertz CT molecular complexity index is 1010. The van der Waals surface area contributed by atoms with Crippen molar-refractivity contribution in [2.75, 3.05) is 5.32 Å². The number of aryl methyl sites for hydroxylation is 1. The van der Waals surface area contributed by atoms with E-state index in [4.69, 9.17) is 0 Å². The van der Waals surface area contributed by atoms with E-state index >= 15 is 0 Å². The number of hydrogen-bond acceptors (Lipinski definition) is 4. The van der Waals surface area contributed by atoms with E-state index in [0.717, 1.165) is 22.1 Å². The number of anilines is 2. The summed E-state index contributed by atoms with van der Waals surface area (Å²) in [4.78, 5) is 23.8. The molecule has 0 amide bonds. The molecule has 0 aliphatic carbocycles. The van der Waals surface area contributed by atoms with Crippen molar-refractivity contribution >= 4 is 39.7 Å². The molecule has 6 heteroatoms. The second-order valence-electron chi connectivity index (χ2n) is 5.48. The minimum Gasteiger partial charge on any atom is -0.324 e. The maximum Gasteiger partial charge on any atom is 0.210 e. The van der Waals surface area contributed by atoms with E-state index in [2.05, 4.69) is 20.3 Å². The summed E-state index contributed by atoms with van der Waals surface area (Å²) in [6.07, 6.45) is 0. The standard InChI is InChI=1S/C17H15N5O/c1-10(23)11-7-8-15-14(9-11)20-17(22(15)2)21-16-18-12-5-3-4-6-13(12)19-16/h3-9H,1-2H3,(H2,18,19,20,21). The minimum atomic E-state index is 0.0318. The van der Waals surface area contributed by atoms with E-state index in [9.17, 15) is 4.79 Å². The van der Waals surface area contributed by atoms with Crippen molar-refractivity contribution < 1.29 is 4.79 Å². The molecule has 4 aromatic rings. The lowest BCUT2D eigenvalue weighted by atomic mass is 10.1. The molecule has 0 radical (unpaired) electrons. The summed E-state index contributed by atoms with van der Waals surface area (Å²) in [5.74, 6) is 1.33. The monoisotopic (exact) mass is 305 g/mol. The van der Waals surface area contributed by atoms with E-state index in [0.29, 0.717) is 17.5 Å². The first-order chi connectivity index (χ1) is 11.1. The van der Waals surface area contributed by atoms with Gasteiger partial charge in [-0.25, -0.2) is 9.97 Å². The van der Waals surface area contributed by atoms with Gasteiger partial charge in [-0.3, -0.25) is 10.1 Å². The maximum atomic E-state index is 11.5. The van der Waals surface area contributed by atoms with Crippen molar-refractivity contribution in [3.8, 4) is 0 Å². The van der Waals surface area contributed by atoms with Gasteiger partial charge in [-0.1, -0.05) is 12.1 Å². The van der Waals surface area contributed by atoms with Crippen LogP contribution < -0.4 is 5.32 Å². The fourth-order valence-corrected chi connectivity index (χ4v) is 2.65. The van der Waals surface area contributed by atoms with Gasteiger partial charge in [-0.05, 0) is 37.3 Å². The molecule has 6 nitrogen and oxygen atoms in total. The van der Waals surface area contributed by atoms with Gasteiger partial charge in [0, 0.05) is 12.6 Å². The molecule has 2 N–H and O–H groups in total. The second-order valence-corrected chi connectivity index (χ2v) is 5.48. The Kier molecular flexibility index (Phi) is 2.90. The van der Waals surface area contributed by atoms with Crippen molar-refractivity contribution in [2.24, 2.45) is 7.05 Å². The van der Waals surface area contributed by atoms with Crippen LogP contribution in [-0.2, 0) is 7.05 Å². The van der Waals surface area contributed by atoms with Gasteiger partial charge in [-0.2, -0.15) is 0 Å². The minimum absolute atomic E-state index is 0.0318. The Morgan fingerprint density at radius 2 is 1.96 bits per heavy atom. The lowest BCUT2D eigenvalue weighted by Gasteiger charge is -2.02. The Hall–Kier alpha value is -3.15. The highest BCUT2D eigenvalue weighted by Gasteiger charge is 2.11. The predicted octanol–water partition coefficient (Wildman–Crippen LogP) is 3.40. The van der Waals surface area contributed by atoms with E-state index in [1.165, 1.54) is 0 Å². The van der Waals surface area contributed by atoms with Crippen LogP contribution in [0.1, 0.15) is 17.3 Å². The zero-order valence-electron chi connectivity index (χ0n) is 12.8. The van der Waals surface area contributed by atoms with E-state index in [1.807, 2.05) is 54.1 Å². The Balaban J connectivity index is 1.76. The van der Waals surface area contributed by atoms with Crippen molar-refractivity contribution in [1.29, 1.82) is 0 Å². The van der Waals surface area contributed by atoms with Gasteiger partial charge in [0.25, 0.3) is 0 Å². The van der Waals surface area contributed by atoms with Crippen LogP contribution in [0, 0.1) is 0 Å². The van der Waals surface area contributed by atoms with Gasteiger partial charge in [0.2, 0.25) is 11.9 Å². The third-order valence-electron chi connectivity index (χ3n) is 3.91. The fourth-order valence-electron chi connectivity index (χ4n) is 2.65. The topological polar surface area (TPSA) is 75.6 Å². The summed E-state index contributed by atoms with van der Waals surface area (Å²) >= 11 is 0. The second kappa shape index (κ2) is 4.95. The highest BCUT2D eigenvalue weighted by atomic mass is 16.1. The van der Waals surface area contributed by atoms with Gasteiger partial charge in [-0.15, -0.1) is 0 Å². The predicted molar refractivity (Wildman–Crippen MR) is 90.1 cm³/mol.